The number of likely N-dealkylation sites (tertiary alicyclic amines) is 1. The third kappa shape index (κ3) is 2.88. The number of aryl methyl sites for hydroxylation is 2. The molecule has 0 bridgehead atoms. The highest BCUT2D eigenvalue weighted by Gasteiger charge is 2.44. The van der Waals surface area contributed by atoms with Gasteiger partial charge in [0.15, 0.2) is 0 Å². The molecule has 0 radical (unpaired) electrons. The van der Waals surface area contributed by atoms with Gasteiger partial charge in [-0.25, -0.2) is 4.98 Å². The van der Waals surface area contributed by atoms with E-state index in [1.54, 1.807) is 7.11 Å². The van der Waals surface area contributed by atoms with Crippen LogP contribution in [0.1, 0.15) is 45.7 Å². The van der Waals surface area contributed by atoms with E-state index in [1.165, 1.54) is 5.56 Å². The Kier molecular flexibility index (Phi) is 4.50. The maximum absolute atomic E-state index is 13.4. The molecule has 0 N–H and O–H groups in total. The molecule has 2 aliphatic rings. The van der Waals surface area contributed by atoms with E-state index >= 15 is 0 Å². The first kappa shape index (κ1) is 19.1. The number of benzene rings is 1. The van der Waals surface area contributed by atoms with Crippen molar-refractivity contribution >= 4 is 17.0 Å². The molecule has 1 fully saturated rings. The molecule has 1 amide bonds. The average molecular weight is 407 g/mol. The third-order valence-corrected chi connectivity index (χ3v) is 6.37. The van der Waals surface area contributed by atoms with Crippen LogP contribution >= 0.6 is 0 Å². The number of nitrogens with zero attached hydrogens (tertiary/aromatic N) is 3. The van der Waals surface area contributed by atoms with Gasteiger partial charge in [0.25, 0.3) is 11.6 Å². The first-order valence-corrected chi connectivity index (χ1v) is 10.4. The van der Waals surface area contributed by atoms with Crippen molar-refractivity contribution in [3.63, 3.8) is 0 Å². The fourth-order valence-electron chi connectivity index (χ4n) is 4.92. The molecule has 2 aliphatic heterocycles. The quantitative estimate of drug-likeness (QED) is 0.647. The van der Waals surface area contributed by atoms with Crippen molar-refractivity contribution in [2.45, 2.75) is 38.7 Å². The SMILES string of the molecule is COc1cccc2c1C1(CCN(C(=O)c3cc(C)nc4onc(C)c34)CC1)OCC2. The summed E-state index contributed by atoms with van der Waals surface area (Å²) in [5.74, 6) is 0.862. The topological polar surface area (TPSA) is 77.7 Å². The maximum atomic E-state index is 13.4. The van der Waals surface area contributed by atoms with E-state index in [1.807, 2.05) is 36.9 Å². The van der Waals surface area contributed by atoms with Crippen LogP contribution < -0.4 is 4.74 Å². The molecular formula is C23H25N3O4. The number of carbonyl (C=O) groups excluding carboxylic acids is 1. The molecule has 2 aromatic heterocycles. The monoisotopic (exact) mass is 407 g/mol. The minimum absolute atomic E-state index is 0.0114. The number of pyridine rings is 1. The lowest BCUT2D eigenvalue weighted by Gasteiger charge is -2.45. The summed E-state index contributed by atoms with van der Waals surface area (Å²) in [6.07, 6.45) is 2.36. The number of hydrogen-bond donors (Lipinski definition) is 0. The fraction of sp³-hybridized carbons (Fsp3) is 0.435. The highest BCUT2D eigenvalue weighted by atomic mass is 16.5. The number of piperidine rings is 1. The van der Waals surface area contributed by atoms with Gasteiger partial charge in [-0.3, -0.25) is 4.79 Å². The molecule has 4 heterocycles. The molecule has 7 nitrogen and oxygen atoms in total. The molecule has 1 spiro atoms. The Balaban J connectivity index is 1.44. The van der Waals surface area contributed by atoms with Crippen LogP contribution in [0.4, 0.5) is 0 Å². The second-order valence-corrected chi connectivity index (χ2v) is 8.14. The lowest BCUT2D eigenvalue weighted by atomic mass is 9.78. The first-order valence-electron chi connectivity index (χ1n) is 10.4. The number of ether oxygens (including phenoxy) is 2. The smallest absolute Gasteiger partial charge is 0.258 e. The minimum Gasteiger partial charge on any atom is -0.496 e. The van der Waals surface area contributed by atoms with E-state index in [0.29, 0.717) is 42.1 Å². The molecule has 0 aliphatic carbocycles. The zero-order valence-corrected chi connectivity index (χ0v) is 17.5. The van der Waals surface area contributed by atoms with Gasteiger partial charge in [0.1, 0.15) is 11.4 Å². The second-order valence-electron chi connectivity index (χ2n) is 8.14. The van der Waals surface area contributed by atoms with Crippen LogP contribution in [0.25, 0.3) is 11.1 Å². The molecule has 0 saturated carbocycles. The summed E-state index contributed by atoms with van der Waals surface area (Å²) in [7, 11) is 1.70. The van der Waals surface area contributed by atoms with Gasteiger partial charge in [-0.2, -0.15) is 0 Å². The van der Waals surface area contributed by atoms with Crippen molar-refractivity contribution in [2.75, 3.05) is 26.8 Å². The van der Waals surface area contributed by atoms with E-state index in [-0.39, 0.29) is 5.91 Å². The van der Waals surface area contributed by atoms with Crippen molar-refractivity contribution in [2.24, 2.45) is 0 Å². The van der Waals surface area contributed by atoms with Crippen LogP contribution in [0.5, 0.6) is 5.75 Å². The summed E-state index contributed by atoms with van der Waals surface area (Å²) in [4.78, 5) is 19.7. The van der Waals surface area contributed by atoms with Crippen LogP contribution in [-0.4, -0.2) is 47.8 Å². The van der Waals surface area contributed by atoms with Gasteiger partial charge in [0.05, 0.1) is 30.4 Å². The lowest BCUT2D eigenvalue weighted by molar-refractivity contribution is -0.0946. The van der Waals surface area contributed by atoms with Gasteiger partial charge < -0.3 is 18.9 Å². The molecule has 156 valence electrons. The Hall–Kier alpha value is -2.93. The van der Waals surface area contributed by atoms with Gasteiger partial charge >= 0.3 is 0 Å². The molecule has 0 atom stereocenters. The Morgan fingerprint density at radius 3 is 2.80 bits per heavy atom. The van der Waals surface area contributed by atoms with Gasteiger partial charge in [-0.1, -0.05) is 17.3 Å². The number of hydrogen-bond acceptors (Lipinski definition) is 6. The zero-order chi connectivity index (χ0) is 20.9. The van der Waals surface area contributed by atoms with E-state index in [0.717, 1.165) is 36.3 Å². The van der Waals surface area contributed by atoms with E-state index in [2.05, 4.69) is 16.2 Å². The Labute approximate surface area is 175 Å². The number of amides is 1. The van der Waals surface area contributed by atoms with Crippen LogP contribution in [-0.2, 0) is 16.8 Å². The maximum Gasteiger partial charge on any atom is 0.258 e. The minimum atomic E-state index is -0.395. The molecule has 1 saturated heterocycles. The largest absolute Gasteiger partial charge is 0.496 e. The van der Waals surface area contributed by atoms with E-state index in [4.69, 9.17) is 14.0 Å². The number of fused-ring (bicyclic) bond motifs is 3. The van der Waals surface area contributed by atoms with E-state index < -0.39 is 5.60 Å². The third-order valence-electron chi connectivity index (χ3n) is 6.37. The van der Waals surface area contributed by atoms with Crippen molar-refractivity contribution in [1.82, 2.24) is 15.0 Å². The molecule has 5 rings (SSSR count). The van der Waals surface area contributed by atoms with Crippen molar-refractivity contribution in [3.8, 4) is 5.75 Å². The second kappa shape index (κ2) is 7.09. The molecule has 0 unspecified atom stereocenters. The number of rotatable bonds is 2. The highest BCUT2D eigenvalue weighted by Crippen LogP contribution is 2.46. The van der Waals surface area contributed by atoms with Crippen LogP contribution in [0.2, 0.25) is 0 Å². The summed E-state index contributed by atoms with van der Waals surface area (Å²) in [5.41, 5.74) is 4.49. The normalized spacial score (nSPS) is 17.9. The predicted octanol–water partition coefficient (Wildman–Crippen LogP) is 3.55. The predicted molar refractivity (Wildman–Crippen MR) is 111 cm³/mol. The zero-order valence-electron chi connectivity index (χ0n) is 17.5. The van der Waals surface area contributed by atoms with Crippen molar-refractivity contribution in [3.05, 3.63) is 52.3 Å². The van der Waals surface area contributed by atoms with Gasteiger partial charge in [0.2, 0.25) is 0 Å². The average Bonchev–Trinajstić information content (AvgIpc) is 3.13. The Morgan fingerprint density at radius 2 is 2.03 bits per heavy atom. The van der Waals surface area contributed by atoms with Crippen LogP contribution in [0.3, 0.4) is 0 Å². The standard InChI is InChI=1S/C23H25N3O4/c1-14-13-17(19-15(2)25-30-21(19)24-14)22(27)26-10-8-23(9-11-26)20-16(7-12-29-23)5-4-6-18(20)28-3/h4-6,13H,7-12H2,1-3H3. The molecular weight excluding hydrogens is 382 g/mol. The Morgan fingerprint density at radius 1 is 1.23 bits per heavy atom. The molecule has 1 aromatic carbocycles. The van der Waals surface area contributed by atoms with Gasteiger partial charge in [-0.05, 0) is 50.8 Å². The summed E-state index contributed by atoms with van der Waals surface area (Å²) in [6, 6.07) is 8.02. The summed E-state index contributed by atoms with van der Waals surface area (Å²) in [6.45, 7) is 5.62. The summed E-state index contributed by atoms with van der Waals surface area (Å²) < 4.78 is 17.3. The lowest BCUT2D eigenvalue weighted by Crippen LogP contribution is -2.48. The highest BCUT2D eigenvalue weighted by molar-refractivity contribution is 6.06. The number of carbonyl (C=O) groups is 1. The molecule has 7 heteroatoms. The molecule has 30 heavy (non-hydrogen) atoms. The van der Waals surface area contributed by atoms with Crippen LogP contribution in [0.15, 0.2) is 28.8 Å². The van der Waals surface area contributed by atoms with Crippen LogP contribution in [0, 0.1) is 13.8 Å². The first-order chi connectivity index (χ1) is 14.5. The van der Waals surface area contributed by atoms with E-state index in [9.17, 15) is 4.79 Å². The van der Waals surface area contributed by atoms with Crippen molar-refractivity contribution < 1.29 is 18.8 Å². The number of aromatic nitrogens is 2. The summed E-state index contributed by atoms with van der Waals surface area (Å²) >= 11 is 0. The molecule has 3 aromatic rings. The fourth-order valence-corrected chi connectivity index (χ4v) is 4.92. The summed E-state index contributed by atoms with van der Waals surface area (Å²) in [5, 5.41) is 4.70. The Bertz CT molecular complexity index is 1110. The number of methoxy groups -OCH3 is 1. The van der Waals surface area contributed by atoms with Gasteiger partial charge in [-0.15, -0.1) is 0 Å². The van der Waals surface area contributed by atoms with Gasteiger partial charge in [0, 0.05) is 24.3 Å². The van der Waals surface area contributed by atoms with Crippen molar-refractivity contribution in [1.29, 1.82) is 0 Å².